The van der Waals surface area contributed by atoms with Crippen molar-refractivity contribution in [2.45, 2.75) is 25.8 Å². The van der Waals surface area contributed by atoms with Gasteiger partial charge in [-0.15, -0.1) is 0 Å². The SMILES string of the molecule is CCOC(=O)C(C)(CN1CCCN(C)CC1)NC. The van der Waals surface area contributed by atoms with Crippen molar-refractivity contribution in [3.05, 3.63) is 0 Å². The van der Waals surface area contributed by atoms with Crippen molar-refractivity contribution >= 4 is 5.97 Å². The average molecular weight is 257 g/mol. The van der Waals surface area contributed by atoms with E-state index in [1.54, 1.807) is 0 Å². The Morgan fingerprint density at radius 2 is 2.06 bits per heavy atom. The molecule has 1 aliphatic heterocycles. The summed E-state index contributed by atoms with van der Waals surface area (Å²) in [5, 5.41) is 3.11. The van der Waals surface area contributed by atoms with E-state index in [1.807, 2.05) is 20.9 Å². The molecule has 1 fully saturated rings. The second kappa shape index (κ2) is 7.07. The number of carbonyl (C=O) groups excluding carboxylic acids is 1. The van der Waals surface area contributed by atoms with Crippen LogP contribution in [-0.2, 0) is 9.53 Å². The first-order valence-corrected chi connectivity index (χ1v) is 6.79. The van der Waals surface area contributed by atoms with Crippen LogP contribution in [0.3, 0.4) is 0 Å². The molecule has 0 aromatic rings. The van der Waals surface area contributed by atoms with Crippen LogP contribution in [0.1, 0.15) is 20.3 Å². The Bertz CT molecular complexity index is 273. The Labute approximate surface area is 110 Å². The molecule has 5 heteroatoms. The minimum Gasteiger partial charge on any atom is -0.465 e. The second-order valence-electron chi connectivity index (χ2n) is 5.24. The Morgan fingerprint density at radius 3 is 2.67 bits per heavy atom. The van der Waals surface area contributed by atoms with Gasteiger partial charge in [0.05, 0.1) is 6.61 Å². The monoisotopic (exact) mass is 257 g/mol. The first-order valence-electron chi connectivity index (χ1n) is 6.79. The van der Waals surface area contributed by atoms with Gasteiger partial charge in [0.2, 0.25) is 0 Å². The average Bonchev–Trinajstić information content (AvgIpc) is 2.54. The van der Waals surface area contributed by atoms with Gasteiger partial charge in [0, 0.05) is 19.6 Å². The normalized spacial score (nSPS) is 22.2. The van der Waals surface area contributed by atoms with Crippen LogP contribution in [0.25, 0.3) is 0 Å². The highest BCUT2D eigenvalue weighted by atomic mass is 16.5. The zero-order valence-corrected chi connectivity index (χ0v) is 12.2. The van der Waals surface area contributed by atoms with E-state index in [9.17, 15) is 4.79 Å². The van der Waals surface area contributed by atoms with Gasteiger partial charge in [0.1, 0.15) is 5.54 Å². The highest BCUT2D eigenvalue weighted by Crippen LogP contribution is 2.11. The van der Waals surface area contributed by atoms with Crippen LogP contribution in [-0.4, -0.2) is 74.7 Å². The molecule has 0 spiro atoms. The first-order chi connectivity index (χ1) is 8.51. The van der Waals surface area contributed by atoms with E-state index in [4.69, 9.17) is 4.74 Å². The summed E-state index contributed by atoms with van der Waals surface area (Å²) in [4.78, 5) is 16.7. The van der Waals surface area contributed by atoms with E-state index in [1.165, 1.54) is 0 Å². The van der Waals surface area contributed by atoms with E-state index < -0.39 is 5.54 Å². The number of nitrogens with zero attached hydrogens (tertiary/aromatic N) is 2. The molecule has 106 valence electrons. The zero-order valence-electron chi connectivity index (χ0n) is 12.2. The minimum absolute atomic E-state index is 0.162. The zero-order chi connectivity index (χ0) is 13.6. The number of nitrogens with one attached hydrogen (secondary N) is 1. The molecule has 0 bridgehead atoms. The molecule has 5 nitrogen and oxygen atoms in total. The number of likely N-dealkylation sites (N-methyl/N-ethyl adjacent to an activating group) is 2. The van der Waals surface area contributed by atoms with Crippen molar-refractivity contribution in [2.24, 2.45) is 0 Å². The van der Waals surface area contributed by atoms with Crippen molar-refractivity contribution in [3.63, 3.8) is 0 Å². The third-order valence-electron chi connectivity index (χ3n) is 3.63. The molecule has 0 radical (unpaired) electrons. The van der Waals surface area contributed by atoms with Crippen molar-refractivity contribution in [2.75, 3.05) is 53.4 Å². The van der Waals surface area contributed by atoms with Crippen molar-refractivity contribution < 1.29 is 9.53 Å². The van der Waals surface area contributed by atoms with E-state index in [0.717, 1.165) is 32.6 Å². The van der Waals surface area contributed by atoms with Gasteiger partial charge in [-0.25, -0.2) is 0 Å². The molecule has 1 saturated heterocycles. The lowest BCUT2D eigenvalue weighted by Gasteiger charge is -2.32. The molecule has 18 heavy (non-hydrogen) atoms. The number of esters is 1. The number of hydrogen-bond acceptors (Lipinski definition) is 5. The van der Waals surface area contributed by atoms with Gasteiger partial charge in [0.15, 0.2) is 0 Å². The van der Waals surface area contributed by atoms with Crippen LogP contribution >= 0.6 is 0 Å². The quantitative estimate of drug-likeness (QED) is 0.711. The Morgan fingerprint density at radius 1 is 1.33 bits per heavy atom. The summed E-state index contributed by atoms with van der Waals surface area (Å²) in [6.45, 7) is 9.13. The molecule has 0 aromatic carbocycles. The van der Waals surface area contributed by atoms with E-state index in [0.29, 0.717) is 13.2 Å². The number of carbonyl (C=O) groups is 1. The van der Waals surface area contributed by atoms with Crippen LogP contribution in [0.15, 0.2) is 0 Å². The molecular weight excluding hydrogens is 230 g/mol. The third kappa shape index (κ3) is 4.23. The van der Waals surface area contributed by atoms with Crippen molar-refractivity contribution in [1.82, 2.24) is 15.1 Å². The van der Waals surface area contributed by atoms with Crippen molar-refractivity contribution in [1.29, 1.82) is 0 Å². The largest absolute Gasteiger partial charge is 0.465 e. The van der Waals surface area contributed by atoms with Crippen LogP contribution < -0.4 is 5.32 Å². The highest BCUT2D eigenvalue weighted by Gasteiger charge is 2.35. The van der Waals surface area contributed by atoms with Crippen LogP contribution in [0.5, 0.6) is 0 Å². The molecule has 0 aliphatic carbocycles. The fraction of sp³-hybridized carbons (Fsp3) is 0.923. The smallest absolute Gasteiger partial charge is 0.327 e. The molecule has 0 amide bonds. The predicted octanol–water partition coefficient (Wildman–Crippen LogP) is 0.165. The van der Waals surface area contributed by atoms with Gasteiger partial charge in [-0.1, -0.05) is 0 Å². The fourth-order valence-electron chi connectivity index (χ4n) is 2.24. The molecule has 0 saturated carbocycles. The molecule has 1 atom stereocenters. The summed E-state index contributed by atoms with van der Waals surface area (Å²) in [6.07, 6.45) is 1.15. The minimum atomic E-state index is -0.612. The second-order valence-corrected chi connectivity index (χ2v) is 5.24. The van der Waals surface area contributed by atoms with E-state index >= 15 is 0 Å². The Hall–Kier alpha value is -0.650. The lowest BCUT2D eigenvalue weighted by molar-refractivity contribution is -0.151. The van der Waals surface area contributed by atoms with Gasteiger partial charge in [0.25, 0.3) is 0 Å². The summed E-state index contributed by atoms with van der Waals surface area (Å²) >= 11 is 0. The maximum absolute atomic E-state index is 12.0. The van der Waals surface area contributed by atoms with Crippen LogP contribution in [0, 0.1) is 0 Å². The predicted molar refractivity (Wildman–Crippen MR) is 72.7 cm³/mol. The molecule has 1 heterocycles. The first kappa shape index (κ1) is 15.4. The van der Waals surface area contributed by atoms with Crippen LogP contribution in [0.2, 0.25) is 0 Å². The van der Waals surface area contributed by atoms with Gasteiger partial charge in [-0.3, -0.25) is 9.69 Å². The summed E-state index contributed by atoms with van der Waals surface area (Å²) in [5.74, 6) is -0.162. The molecule has 1 unspecified atom stereocenters. The lowest BCUT2D eigenvalue weighted by Crippen LogP contribution is -2.56. The number of hydrogen-bond donors (Lipinski definition) is 1. The van der Waals surface area contributed by atoms with E-state index in [-0.39, 0.29) is 5.97 Å². The number of ether oxygens (including phenoxy) is 1. The topological polar surface area (TPSA) is 44.8 Å². The molecule has 1 N–H and O–H groups in total. The summed E-state index contributed by atoms with van der Waals surface area (Å²) in [5.41, 5.74) is -0.612. The standard InChI is InChI=1S/C13H27N3O2/c1-5-18-12(17)13(2,14-3)11-16-8-6-7-15(4)9-10-16/h14H,5-11H2,1-4H3. The van der Waals surface area contributed by atoms with Gasteiger partial charge in [-0.05, 0) is 47.5 Å². The number of rotatable bonds is 5. The van der Waals surface area contributed by atoms with Crippen molar-refractivity contribution in [3.8, 4) is 0 Å². The summed E-state index contributed by atoms with van der Waals surface area (Å²) in [7, 11) is 3.97. The summed E-state index contributed by atoms with van der Waals surface area (Å²) < 4.78 is 5.15. The molecule has 0 aromatic heterocycles. The maximum atomic E-state index is 12.0. The Kier molecular flexibility index (Phi) is 6.05. The van der Waals surface area contributed by atoms with Crippen LogP contribution in [0.4, 0.5) is 0 Å². The van der Waals surface area contributed by atoms with E-state index in [2.05, 4.69) is 22.2 Å². The maximum Gasteiger partial charge on any atom is 0.327 e. The highest BCUT2D eigenvalue weighted by molar-refractivity contribution is 5.80. The van der Waals surface area contributed by atoms with Gasteiger partial charge < -0.3 is 15.0 Å². The third-order valence-corrected chi connectivity index (χ3v) is 3.63. The Balaban J connectivity index is 2.58. The molecular formula is C13H27N3O2. The summed E-state index contributed by atoms with van der Waals surface area (Å²) in [6, 6.07) is 0. The fourth-order valence-corrected chi connectivity index (χ4v) is 2.24. The van der Waals surface area contributed by atoms with Gasteiger partial charge >= 0.3 is 5.97 Å². The molecule has 1 rings (SSSR count). The molecule has 1 aliphatic rings. The lowest BCUT2D eigenvalue weighted by atomic mass is 10.0. The van der Waals surface area contributed by atoms with Gasteiger partial charge in [-0.2, -0.15) is 0 Å².